The molecule has 0 fully saturated rings. The Morgan fingerprint density at radius 1 is 1.50 bits per heavy atom. The van der Waals surface area contributed by atoms with Gasteiger partial charge < -0.3 is 14.9 Å². The quantitative estimate of drug-likeness (QED) is 0.869. The topological polar surface area (TPSA) is 49.7 Å². The molecule has 1 aromatic carbocycles. The largest absolute Gasteiger partial charge is 0.496 e. The van der Waals surface area contributed by atoms with Crippen LogP contribution in [0.1, 0.15) is 18.1 Å². The molecule has 4 heteroatoms. The lowest BCUT2D eigenvalue weighted by Gasteiger charge is -2.13. The van der Waals surface area contributed by atoms with E-state index in [1.165, 1.54) is 0 Å². The van der Waals surface area contributed by atoms with Gasteiger partial charge in [-0.2, -0.15) is 0 Å². The SMILES string of the molecule is COc1ccc(Br)cc1C(O)CCO. The summed E-state index contributed by atoms with van der Waals surface area (Å²) in [6.07, 6.45) is -0.375. The summed E-state index contributed by atoms with van der Waals surface area (Å²) in [5.74, 6) is 0.633. The van der Waals surface area contributed by atoms with Crippen LogP contribution in [-0.2, 0) is 0 Å². The molecule has 2 N–H and O–H groups in total. The van der Waals surface area contributed by atoms with Gasteiger partial charge in [-0.05, 0) is 18.2 Å². The van der Waals surface area contributed by atoms with E-state index < -0.39 is 6.10 Å². The molecule has 1 rings (SSSR count). The van der Waals surface area contributed by atoms with Gasteiger partial charge in [0.25, 0.3) is 0 Å². The Hall–Kier alpha value is -0.580. The molecule has 0 saturated heterocycles. The van der Waals surface area contributed by atoms with Gasteiger partial charge >= 0.3 is 0 Å². The molecule has 0 spiro atoms. The number of aliphatic hydroxyl groups is 2. The normalized spacial score (nSPS) is 12.6. The zero-order valence-electron chi connectivity index (χ0n) is 7.90. The minimum absolute atomic E-state index is 0.0448. The molecule has 14 heavy (non-hydrogen) atoms. The minimum atomic E-state index is -0.688. The summed E-state index contributed by atoms with van der Waals surface area (Å²) in [5.41, 5.74) is 0.691. The van der Waals surface area contributed by atoms with Crippen LogP contribution in [0, 0.1) is 0 Å². The lowest BCUT2D eigenvalue weighted by Crippen LogP contribution is -2.02. The van der Waals surface area contributed by atoms with E-state index in [0.717, 1.165) is 4.47 Å². The Bertz CT molecular complexity index is 301. The van der Waals surface area contributed by atoms with E-state index in [9.17, 15) is 5.11 Å². The number of hydrogen-bond donors (Lipinski definition) is 2. The number of ether oxygens (including phenoxy) is 1. The number of halogens is 1. The van der Waals surface area contributed by atoms with Gasteiger partial charge in [0.05, 0.1) is 13.2 Å². The molecule has 0 aliphatic rings. The first-order valence-corrected chi connectivity index (χ1v) is 5.10. The van der Waals surface area contributed by atoms with Gasteiger partial charge in [-0.15, -0.1) is 0 Å². The van der Waals surface area contributed by atoms with Crippen molar-refractivity contribution in [1.29, 1.82) is 0 Å². The Morgan fingerprint density at radius 2 is 2.21 bits per heavy atom. The van der Waals surface area contributed by atoms with Gasteiger partial charge in [0, 0.05) is 23.1 Å². The van der Waals surface area contributed by atoms with E-state index in [2.05, 4.69) is 15.9 Å². The zero-order valence-corrected chi connectivity index (χ0v) is 9.49. The smallest absolute Gasteiger partial charge is 0.124 e. The molecule has 0 aliphatic carbocycles. The third-order valence-electron chi connectivity index (χ3n) is 1.95. The average Bonchev–Trinajstić information content (AvgIpc) is 2.18. The number of aliphatic hydroxyl groups excluding tert-OH is 2. The minimum Gasteiger partial charge on any atom is -0.496 e. The van der Waals surface area contributed by atoms with Gasteiger partial charge in [0.2, 0.25) is 0 Å². The van der Waals surface area contributed by atoms with Gasteiger partial charge in [-0.25, -0.2) is 0 Å². The molecular formula is C10H13BrO3. The predicted molar refractivity (Wildman–Crippen MR) is 57.4 cm³/mol. The molecule has 0 aliphatic heterocycles. The summed E-state index contributed by atoms with van der Waals surface area (Å²) in [6.45, 7) is -0.0448. The highest BCUT2D eigenvalue weighted by Gasteiger charge is 2.12. The van der Waals surface area contributed by atoms with Crippen LogP contribution < -0.4 is 4.74 Å². The van der Waals surface area contributed by atoms with E-state index in [4.69, 9.17) is 9.84 Å². The van der Waals surface area contributed by atoms with Crippen LogP contribution in [0.15, 0.2) is 22.7 Å². The maximum absolute atomic E-state index is 9.70. The number of benzene rings is 1. The Kier molecular flexibility index (Phi) is 4.38. The highest BCUT2D eigenvalue weighted by Crippen LogP contribution is 2.29. The zero-order chi connectivity index (χ0) is 10.6. The lowest BCUT2D eigenvalue weighted by molar-refractivity contribution is 0.131. The van der Waals surface area contributed by atoms with Crippen LogP contribution in [0.25, 0.3) is 0 Å². The number of hydrogen-bond acceptors (Lipinski definition) is 3. The second kappa shape index (κ2) is 5.34. The fraction of sp³-hybridized carbons (Fsp3) is 0.400. The van der Waals surface area contributed by atoms with Crippen LogP contribution in [0.4, 0.5) is 0 Å². The number of methoxy groups -OCH3 is 1. The second-order valence-corrected chi connectivity index (χ2v) is 3.83. The Morgan fingerprint density at radius 3 is 2.79 bits per heavy atom. The van der Waals surface area contributed by atoms with Crippen molar-refractivity contribution in [2.75, 3.05) is 13.7 Å². The third kappa shape index (κ3) is 2.70. The van der Waals surface area contributed by atoms with Crippen molar-refractivity contribution in [3.63, 3.8) is 0 Å². The first-order valence-electron chi connectivity index (χ1n) is 4.31. The van der Waals surface area contributed by atoms with E-state index in [0.29, 0.717) is 17.7 Å². The van der Waals surface area contributed by atoms with Crippen molar-refractivity contribution < 1.29 is 14.9 Å². The summed E-state index contributed by atoms with van der Waals surface area (Å²) in [7, 11) is 1.55. The molecule has 3 nitrogen and oxygen atoms in total. The maximum atomic E-state index is 9.70. The van der Waals surface area contributed by atoms with E-state index in [-0.39, 0.29) is 6.61 Å². The van der Waals surface area contributed by atoms with Crippen LogP contribution >= 0.6 is 15.9 Å². The molecule has 1 aromatic rings. The van der Waals surface area contributed by atoms with Crippen LogP contribution in [0.5, 0.6) is 5.75 Å². The van der Waals surface area contributed by atoms with Gasteiger partial charge in [-0.3, -0.25) is 0 Å². The highest BCUT2D eigenvalue weighted by atomic mass is 79.9. The average molecular weight is 261 g/mol. The van der Waals surface area contributed by atoms with Gasteiger partial charge in [0.1, 0.15) is 5.75 Å². The van der Waals surface area contributed by atoms with Gasteiger partial charge in [-0.1, -0.05) is 15.9 Å². The van der Waals surface area contributed by atoms with Crippen molar-refractivity contribution in [2.24, 2.45) is 0 Å². The molecule has 0 aromatic heterocycles. The van der Waals surface area contributed by atoms with Crippen LogP contribution in [0.3, 0.4) is 0 Å². The molecule has 1 atom stereocenters. The summed E-state index contributed by atoms with van der Waals surface area (Å²) in [6, 6.07) is 5.41. The fourth-order valence-electron chi connectivity index (χ4n) is 1.24. The van der Waals surface area contributed by atoms with Gasteiger partial charge in [0.15, 0.2) is 0 Å². The standard InChI is InChI=1S/C10H13BrO3/c1-14-10-3-2-7(11)6-8(10)9(13)4-5-12/h2-3,6,9,12-13H,4-5H2,1H3. The lowest BCUT2D eigenvalue weighted by atomic mass is 10.1. The molecule has 0 saturated carbocycles. The van der Waals surface area contributed by atoms with E-state index >= 15 is 0 Å². The van der Waals surface area contributed by atoms with Crippen LogP contribution in [0.2, 0.25) is 0 Å². The van der Waals surface area contributed by atoms with E-state index in [1.54, 1.807) is 19.2 Å². The van der Waals surface area contributed by atoms with Crippen molar-refractivity contribution >= 4 is 15.9 Å². The first-order chi connectivity index (χ1) is 6.69. The van der Waals surface area contributed by atoms with Crippen LogP contribution in [-0.4, -0.2) is 23.9 Å². The van der Waals surface area contributed by atoms with Crippen molar-refractivity contribution in [2.45, 2.75) is 12.5 Å². The first kappa shape index (κ1) is 11.5. The predicted octanol–water partition coefficient (Wildman–Crippen LogP) is 1.87. The summed E-state index contributed by atoms with van der Waals surface area (Å²) in [4.78, 5) is 0. The molecular weight excluding hydrogens is 248 g/mol. The molecule has 0 amide bonds. The molecule has 0 radical (unpaired) electrons. The van der Waals surface area contributed by atoms with E-state index in [1.807, 2.05) is 6.07 Å². The summed E-state index contributed by atoms with van der Waals surface area (Å²) >= 11 is 3.32. The monoisotopic (exact) mass is 260 g/mol. The second-order valence-electron chi connectivity index (χ2n) is 2.91. The Balaban J connectivity index is 2.97. The fourth-order valence-corrected chi connectivity index (χ4v) is 1.62. The molecule has 0 bridgehead atoms. The Labute approximate surface area is 91.5 Å². The van der Waals surface area contributed by atoms with Crippen molar-refractivity contribution in [3.8, 4) is 5.75 Å². The maximum Gasteiger partial charge on any atom is 0.124 e. The summed E-state index contributed by atoms with van der Waals surface area (Å²) in [5, 5.41) is 18.4. The third-order valence-corrected chi connectivity index (χ3v) is 2.45. The molecule has 1 unspecified atom stereocenters. The summed E-state index contributed by atoms with van der Waals surface area (Å²) < 4.78 is 5.99. The molecule has 78 valence electrons. The molecule has 0 heterocycles. The van der Waals surface area contributed by atoms with Crippen molar-refractivity contribution in [1.82, 2.24) is 0 Å². The highest BCUT2D eigenvalue weighted by molar-refractivity contribution is 9.10. The van der Waals surface area contributed by atoms with Crippen molar-refractivity contribution in [3.05, 3.63) is 28.2 Å². The number of rotatable bonds is 4.